The van der Waals surface area contributed by atoms with Gasteiger partial charge in [-0.2, -0.15) is 0 Å². The van der Waals surface area contributed by atoms with Gasteiger partial charge in [-0.1, -0.05) is 12.1 Å². The van der Waals surface area contributed by atoms with Gasteiger partial charge in [0.25, 0.3) is 5.91 Å². The number of imidazole rings is 1. The topological polar surface area (TPSA) is 113 Å². The Bertz CT molecular complexity index is 1050. The lowest BCUT2D eigenvalue weighted by Crippen LogP contribution is -2.20. The summed E-state index contributed by atoms with van der Waals surface area (Å²) in [6, 6.07) is 13.4. The highest BCUT2D eigenvalue weighted by Crippen LogP contribution is 2.19. The highest BCUT2D eigenvalue weighted by atomic mass is 16.5. The minimum atomic E-state index is -0.593. The standard InChI is InChI=1S/C22H22N4O4/c1-13-14(2)24-21(23-13)16-4-6-17(7-5-16)22(29)30-12-20(28)26-19-10-8-18(9-11-19)25-15(3)27/h4-11H,12H2,1-3H3,(H,23,24)(H,25,27)(H,26,28). The number of hydrogen-bond acceptors (Lipinski definition) is 5. The quantitative estimate of drug-likeness (QED) is 0.543. The van der Waals surface area contributed by atoms with Crippen molar-refractivity contribution in [1.29, 1.82) is 0 Å². The van der Waals surface area contributed by atoms with Crippen molar-refractivity contribution in [3.8, 4) is 11.4 Å². The number of benzene rings is 2. The number of H-pyrrole nitrogens is 1. The molecule has 0 aliphatic rings. The molecular weight excluding hydrogens is 384 g/mol. The van der Waals surface area contributed by atoms with Crippen LogP contribution in [0.4, 0.5) is 11.4 Å². The Hall–Kier alpha value is -3.94. The number of aromatic amines is 1. The fourth-order valence-electron chi connectivity index (χ4n) is 2.70. The van der Waals surface area contributed by atoms with E-state index in [1.807, 2.05) is 13.8 Å². The molecule has 3 N–H and O–H groups in total. The summed E-state index contributed by atoms with van der Waals surface area (Å²) >= 11 is 0. The van der Waals surface area contributed by atoms with Gasteiger partial charge >= 0.3 is 5.97 Å². The van der Waals surface area contributed by atoms with Crippen LogP contribution in [0.5, 0.6) is 0 Å². The fraction of sp³-hybridized carbons (Fsp3) is 0.182. The van der Waals surface area contributed by atoms with Gasteiger partial charge in [0.15, 0.2) is 6.61 Å². The number of carbonyl (C=O) groups is 3. The van der Waals surface area contributed by atoms with Crippen LogP contribution in [0, 0.1) is 13.8 Å². The van der Waals surface area contributed by atoms with E-state index < -0.39 is 18.5 Å². The van der Waals surface area contributed by atoms with Crippen molar-refractivity contribution >= 4 is 29.2 Å². The van der Waals surface area contributed by atoms with Gasteiger partial charge in [0, 0.05) is 29.6 Å². The molecule has 0 saturated heterocycles. The van der Waals surface area contributed by atoms with Crippen LogP contribution in [0.2, 0.25) is 0 Å². The second kappa shape index (κ2) is 9.04. The number of ether oxygens (including phenoxy) is 1. The van der Waals surface area contributed by atoms with Crippen LogP contribution in [0.25, 0.3) is 11.4 Å². The lowest BCUT2D eigenvalue weighted by Gasteiger charge is -2.08. The first-order chi connectivity index (χ1) is 14.3. The maximum atomic E-state index is 12.2. The number of aromatic nitrogens is 2. The minimum Gasteiger partial charge on any atom is -0.452 e. The summed E-state index contributed by atoms with van der Waals surface area (Å²) in [5.74, 6) is -0.506. The molecular formula is C22H22N4O4. The fourth-order valence-corrected chi connectivity index (χ4v) is 2.70. The zero-order valence-corrected chi connectivity index (χ0v) is 16.9. The molecule has 0 radical (unpaired) electrons. The summed E-state index contributed by atoms with van der Waals surface area (Å²) in [7, 11) is 0. The Labute approximate surface area is 173 Å². The molecule has 30 heavy (non-hydrogen) atoms. The van der Waals surface area contributed by atoms with E-state index >= 15 is 0 Å². The third-order valence-corrected chi connectivity index (χ3v) is 4.35. The monoisotopic (exact) mass is 406 g/mol. The molecule has 154 valence electrons. The third-order valence-electron chi connectivity index (χ3n) is 4.35. The molecule has 8 nitrogen and oxygen atoms in total. The molecule has 1 heterocycles. The first-order valence-corrected chi connectivity index (χ1v) is 9.30. The van der Waals surface area contributed by atoms with Gasteiger partial charge in [0.2, 0.25) is 5.91 Å². The number of esters is 1. The molecule has 0 saturated carbocycles. The number of anilines is 2. The zero-order valence-electron chi connectivity index (χ0n) is 16.9. The van der Waals surface area contributed by atoms with Crippen LogP contribution in [-0.4, -0.2) is 34.4 Å². The molecule has 2 amide bonds. The minimum absolute atomic E-state index is 0.180. The van der Waals surface area contributed by atoms with Crippen molar-refractivity contribution in [2.24, 2.45) is 0 Å². The predicted molar refractivity (Wildman–Crippen MR) is 113 cm³/mol. The van der Waals surface area contributed by atoms with E-state index in [0.717, 1.165) is 22.8 Å². The van der Waals surface area contributed by atoms with Crippen molar-refractivity contribution in [2.75, 3.05) is 17.2 Å². The third kappa shape index (κ3) is 5.32. The number of rotatable bonds is 6. The van der Waals surface area contributed by atoms with E-state index in [9.17, 15) is 14.4 Å². The maximum absolute atomic E-state index is 12.2. The summed E-state index contributed by atoms with van der Waals surface area (Å²) in [5.41, 5.74) is 4.25. The van der Waals surface area contributed by atoms with Gasteiger partial charge < -0.3 is 20.4 Å². The average Bonchev–Trinajstić information content (AvgIpc) is 3.06. The van der Waals surface area contributed by atoms with E-state index in [-0.39, 0.29) is 5.91 Å². The highest BCUT2D eigenvalue weighted by molar-refractivity contribution is 5.96. The lowest BCUT2D eigenvalue weighted by atomic mass is 10.1. The largest absolute Gasteiger partial charge is 0.452 e. The Kier molecular flexibility index (Phi) is 6.26. The average molecular weight is 406 g/mol. The molecule has 2 aromatic carbocycles. The molecule has 0 fully saturated rings. The molecule has 0 unspecified atom stereocenters. The maximum Gasteiger partial charge on any atom is 0.338 e. The van der Waals surface area contributed by atoms with E-state index in [2.05, 4.69) is 20.6 Å². The lowest BCUT2D eigenvalue weighted by molar-refractivity contribution is -0.119. The number of nitrogens with one attached hydrogen (secondary N) is 3. The van der Waals surface area contributed by atoms with E-state index in [1.54, 1.807) is 48.5 Å². The summed E-state index contributed by atoms with van der Waals surface area (Å²) in [6.07, 6.45) is 0. The summed E-state index contributed by atoms with van der Waals surface area (Å²) < 4.78 is 5.08. The Morgan fingerprint density at radius 2 is 1.53 bits per heavy atom. The van der Waals surface area contributed by atoms with Gasteiger partial charge in [0.05, 0.1) is 11.3 Å². The molecule has 0 bridgehead atoms. The molecule has 3 rings (SSSR count). The number of amides is 2. The van der Waals surface area contributed by atoms with Gasteiger partial charge in [0.1, 0.15) is 5.82 Å². The van der Waals surface area contributed by atoms with Gasteiger partial charge in [-0.15, -0.1) is 0 Å². The Morgan fingerprint density at radius 1 is 0.933 bits per heavy atom. The summed E-state index contributed by atoms with van der Waals surface area (Å²) in [6.45, 7) is 4.87. The number of nitrogens with zero attached hydrogens (tertiary/aromatic N) is 1. The molecule has 3 aromatic rings. The molecule has 1 aromatic heterocycles. The van der Waals surface area contributed by atoms with Gasteiger partial charge in [-0.25, -0.2) is 9.78 Å². The van der Waals surface area contributed by atoms with Crippen molar-refractivity contribution in [2.45, 2.75) is 20.8 Å². The van der Waals surface area contributed by atoms with Crippen LogP contribution in [0.3, 0.4) is 0 Å². The van der Waals surface area contributed by atoms with Crippen LogP contribution < -0.4 is 10.6 Å². The Morgan fingerprint density at radius 3 is 2.07 bits per heavy atom. The second-order valence-electron chi connectivity index (χ2n) is 6.76. The van der Waals surface area contributed by atoms with Crippen LogP contribution >= 0.6 is 0 Å². The molecule has 0 spiro atoms. The number of aryl methyl sites for hydroxylation is 2. The predicted octanol–water partition coefficient (Wildman–Crippen LogP) is 3.45. The van der Waals surface area contributed by atoms with Crippen molar-refractivity contribution in [3.63, 3.8) is 0 Å². The van der Waals surface area contributed by atoms with Crippen molar-refractivity contribution in [1.82, 2.24) is 9.97 Å². The van der Waals surface area contributed by atoms with Crippen LogP contribution in [0.15, 0.2) is 48.5 Å². The molecule has 0 atom stereocenters. The second-order valence-corrected chi connectivity index (χ2v) is 6.76. The molecule has 0 aliphatic carbocycles. The van der Waals surface area contributed by atoms with Crippen molar-refractivity contribution in [3.05, 3.63) is 65.5 Å². The van der Waals surface area contributed by atoms with E-state index in [1.165, 1.54) is 6.92 Å². The normalized spacial score (nSPS) is 10.4. The molecule has 8 heteroatoms. The first-order valence-electron chi connectivity index (χ1n) is 9.30. The number of carbonyl (C=O) groups excluding carboxylic acids is 3. The van der Waals surface area contributed by atoms with Gasteiger partial charge in [-0.3, -0.25) is 9.59 Å². The SMILES string of the molecule is CC(=O)Nc1ccc(NC(=O)COC(=O)c2ccc(-c3nc(C)c(C)[nH]3)cc2)cc1. The Balaban J connectivity index is 1.52. The van der Waals surface area contributed by atoms with Gasteiger partial charge in [-0.05, 0) is 50.2 Å². The van der Waals surface area contributed by atoms with Crippen molar-refractivity contribution < 1.29 is 19.1 Å². The summed E-state index contributed by atoms with van der Waals surface area (Å²) in [4.78, 5) is 42.8. The van der Waals surface area contributed by atoms with Crippen LogP contribution in [0.1, 0.15) is 28.7 Å². The number of hydrogen-bond donors (Lipinski definition) is 3. The van der Waals surface area contributed by atoms with E-state index in [4.69, 9.17) is 4.74 Å². The highest BCUT2D eigenvalue weighted by Gasteiger charge is 2.12. The van der Waals surface area contributed by atoms with Crippen LogP contribution in [-0.2, 0) is 14.3 Å². The smallest absolute Gasteiger partial charge is 0.338 e. The first kappa shape index (κ1) is 20.8. The molecule has 0 aliphatic heterocycles. The summed E-state index contributed by atoms with van der Waals surface area (Å²) in [5, 5.41) is 5.26. The van der Waals surface area contributed by atoms with E-state index in [0.29, 0.717) is 16.9 Å². The zero-order chi connectivity index (χ0) is 21.7.